The maximum absolute atomic E-state index is 11.8. The summed E-state index contributed by atoms with van der Waals surface area (Å²) in [5.41, 5.74) is 3.82. The van der Waals surface area contributed by atoms with Crippen molar-refractivity contribution in [2.75, 3.05) is 0 Å². The lowest BCUT2D eigenvalue weighted by Crippen LogP contribution is -2.04. The third-order valence-corrected chi connectivity index (χ3v) is 4.46. The molecule has 0 spiro atoms. The summed E-state index contributed by atoms with van der Waals surface area (Å²) in [5.74, 6) is 0.913. The second kappa shape index (κ2) is 11.5. The first kappa shape index (κ1) is 23.7. The molecule has 0 bridgehead atoms. The molecule has 4 nitrogen and oxygen atoms in total. The van der Waals surface area contributed by atoms with Gasteiger partial charge >= 0.3 is 5.97 Å². The highest BCUT2D eigenvalue weighted by molar-refractivity contribution is 5.90. The molecule has 0 heterocycles. The van der Waals surface area contributed by atoms with Gasteiger partial charge in [-0.15, -0.1) is 0 Å². The van der Waals surface area contributed by atoms with Crippen LogP contribution in [-0.4, -0.2) is 16.9 Å². The van der Waals surface area contributed by atoms with Crippen molar-refractivity contribution < 1.29 is 19.4 Å². The van der Waals surface area contributed by atoms with Crippen LogP contribution in [0.15, 0.2) is 35.4 Å². The summed E-state index contributed by atoms with van der Waals surface area (Å²) < 4.78 is 5.27. The lowest BCUT2D eigenvalue weighted by atomic mass is 10.0. The standard InChI is InChI=1S/C24H34O4/c1-16(2)12-22(26)13-18(4)9-7-8-17(3)10-11-21-15-23(27)19(5)14-24(21)28-20(6)25/h10,13-16,27H,7-9,11-12H2,1-6H3/b17-10+,18-13-. The van der Waals surface area contributed by atoms with Crippen molar-refractivity contribution in [1.29, 1.82) is 0 Å². The number of aryl methyl sites for hydroxylation is 1. The van der Waals surface area contributed by atoms with E-state index in [1.54, 1.807) is 25.1 Å². The molecule has 1 aromatic carbocycles. The molecule has 0 radical (unpaired) electrons. The zero-order valence-corrected chi connectivity index (χ0v) is 18.1. The Labute approximate surface area is 169 Å². The van der Waals surface area contributed by atoms with E-state index < -0.39 is 0 Å². The fourth-order valence-corrected chi connectivity index (χ4v) is 2.96. The molecule has 0 fully saturated rings. The van der Waals surface area contributed by atoms with E-state index in [-0.39, 0.29) is 17.5 Å². The number of benzene rings is 1. The normalized spacial score (nSPS) is 12.4. The van der Waals surface area contributed by atoms with Crippen molar-refractivity contribution in [2.45, 2.75) is 73.6 Å². The Bertz CT molecular complexity index is 754. The SMILES string of the molecule is CC(=O)Oc1cc(C)c(O)cc1C/C=C(\C)CCC/C(C)=C\C(=O)CC(C)C. The second-order valence-electron chi connectivity index (χ2n) is 8.00. The van der Waals surface area contributed by atoms with E-state index in [2.05, 4.69) is 26.8 Å². The predicted octanol–water partition coefficient (Wildman–Crippen LogP) is 5.85. The smallest absolute Gasteiger partial charge is 0.308 e. The molecule has 0 aliphatic rings. The number of carbonyl (C=O) groups excluding carboxylic acids is 2. The quantitative estimate of drug-likeness (QED) is 0.237. The van der Waals surface area contributed by atoms with Gasteiger partial charge in [-0.1, -0.05) is 31.1 Å². The summed E-state index contributed by atoms with van der Waals surface area (Å²) >= 11 is 0. The molecule has 1 aromatic rings. The second-order valence-corrected chi connectivity index (χ2v) is 8.00. The molecule has 28 heavy (non-hydrogen) atoms. The summed E-state index contributed by atoms with van der Waals surface area (Å²) in [6, 6.07) is 3.35. The number of ether oxygens (including phenoxy) is 1. The van der Waals surface area contributed by atoms with Gasteiger partial charge in [0.2, 0.25) is 0 Å². The van der Waals surface area contributed by atoms with E-state index in [4.69, 9.17) is 4.74 Å². The van der Waals surface area contributed by atoms with E-state index in [1.165, 1.54) is 12.5 Å². The van der Waals surface area contributed by atoms with Gasteiger partial charge in [0.25, 0.3) is 0 Å². The van der Waals surface area contributed by atoms with Crippen molar-refractivity contribution in [1.82, 2.24) is 0 Å². The Hall–Kier alpha value is -2.36. The largest absolute Gasteiger partial charge is 0.508 e. The van der Waals surface area contributed by atoms with Gasteiger partial charge in [-0.25, -0.2) is 0 Å². The molecule has 0 atom stereocenters. The number of hydrogen-bond donors (Lipinski definition) is 1. The van der Waals surface area contributed by atoms with Gasteiger partial charge in [-0.3, -0.25) is 9.59 Å². The Kier molecular flexibility index (Phi) is 9.70. The molecule has 1 rings (SSSR count). The number of esters is 1. The van der Waals surface area contributed by atoms with Crippen molar-refractivity contribution in [3.8, 4) is 11.5 Å². The summed E-state index contributed by atoms with van der Waals surface area (Å²) in [6.45, 7) is 11.3. The van der Waals surface area contributed by atoms with Gasteiger partial charge in [-0.2, -0.15) is 0 Å². The molecular weight excluding hydrogens is 352 g/mol. The Morgan fingerprint density at radius 1 is 1.11 bits per heavy atom. The third kappa shape index (κ3) is 9.03. The van der Waals surface area contributed by atoms with Gasteiger partial charge in [0.1, 0.15) is 11.5 Å². The van der Waals surface area contributed by atoms with Crippen LogP contribution in [0.25, 0.3) is 0 Å². The number of phenols is 1. The lowest BCUT2D eigenvalue weighted by Gasteiger charge is -2.11. The summed E-state index contributed by atoms with van der Waals surface area (Å²) in [5, 5.41) is 9.96. The monoisotopic (exact) mass is 386 g/mol. The maximum atomic E-state index is 11.8. The number of carbonyl (C=O) groups is 2. The zero-order chi connectivity index (χ0) is 21.3. The van der Waals surface area contributed by atoms with E-state index in [0.29, 0.717) is 30.1 Å². The van der Waals surface area contributed by atoms with Crippen LogP contribution in [0.1, 0.15) is 71.4 Å². The number of hydrogen-bond acceptors (Lipinski definition) is 4. The number of ketones is 1. The fraction of sp³-hybridized carbons (Fsp3) is 0.500. The molecule has 154 valence electrons. The third-order valence-electron chi connectivity index (χ3n) is 4.46. The first-order valence-corrected chi connectivity index (χ1v) is 9.95. The molecule has 0 aromatic heterocycles. The highest BCUT2D eigenvalue weighted by atomic mass is 16.5. The molecule has 0 aliphatic heterocycles. The molecule has 0 aliphatic carbocycles. The highest BCUT2D eigenvalue weighted by Gasteiger charge is 2.10. The number of phenolic OH excluding ortho intramolecular Hbond substituents is 1. The average Bonchev–Trinajstić information content (AvgIpc) is 2.55. The van der Waals surface area contributed by atoms with Crippen molar-refractivity contribution >= 4 is 11.8 Å². The molecule has 0 saturated carbocycles. The van der Waals surface area contributed by atoms with E-state index in [1.807, 2.05) is 6.92 Å². The number of aromatic hydroxyl groups is 1. The van der Waals surface area contributed by atoms with Crippen LogP contribution in [0.4, 0.5) is 0 Å². The molecule has 0 amide bonds. The maximum Gasteiger partial charge on any atom is 0.308 e. The van der Waals surface area contributed by atoms with Crippen LogP contribution in [0.3, 0.4) is 0 Å². The van der Waals surface area contributed by atoms with Gasteiger partial charge in [0, 0.05) is 18.9 Å². The molecule has 4 heteroatoms. The summed E-state index contributed by atoms with van der Waals surface area (Å²) in [4.78, 5) is 23.1. The van der Waals surface area contributed by atoms with Crippen LogP contribution >= 0.6 is 0 Å². The molecule has 0 unspecified atom stereocenters. The van der Waals surface area contributed by atoms with Crippen molar-refractivity contribution in [3.63, 3.8) is 0 Å². The summed E-state index contributed by atoms with van der Waals surface area (Å²) in [6.07, 6.45) is 7.88. The van der Waals surface area contributed by atoms with Crippen molar-refractivity contribution in [2.24, 2.45) is 5.92 Å². The Morgan fingerprint density at radius 3 is 2.36 bits per heavy atom. The minimum absolute atomic E-state index is 0.198. The van der Waals surface area contributed by atoms with E-state index >= 15 is 0 Å². The van der Waals surface area contributed by atoms with E-state index in [0.717, 1.165) is 30.4 Å². The fourth-order valence-electron chi connectivity index (χ4n) is 2.96. The highest BCUT2D eigenvalue weighted by Crippen LogP contribution is 2.29. The molecular formula is C24H34O4. The van der Waals surface area contributed by atoms with Gasteiger partial charge in [0.15, 0.2) is 5.78 Å². The average molecular weight is 387 g/mol. The van der Waals surface area contributed by atoms with Crippen LogP contribution in [0.5, 0.6) is 11.5 Å². The van der Waals surface area contributed by atoms with Gasteiger partial charge in [0.05, 0.1) is 0 Å². The minimum atomic E-state index is -0.374. The number of allylic oxidation sites excluding steroid dienone is 4. The van der Waals surface area contributed by atoms with Crippen LogP contribution < -0.4 is 4.74 Å². The van der Waals surface area contributed by atoms with Gasteiger partial charge in [-0.05, 0) is 76.1 Å². The Balaban J connectivity index is 2.64. The van der Waals surface area contributed by atoms with E-state index in [9.17, 15) is 14.7 Å². The van der Waals surface area contributed by atoms with Crippen LogP contribution in [-0.2, 0) is 16.0 Å². The first-order chi connectivity index (χ1) is 13.1. The molecule has 1 N–H and O–H groups in total. The zero-order valence-electron chi connectivity index (χ0n) is 18.1. The van der Waals surface area contributed by atoms with Gasteiger partial charge < -0.3 is 9.84 Å². The lowest BCUT2D eigenvalue weighted by molar-refractivity contribution is -0.132. The van der Waals surface area contributed by atoms with Crippen LogP contribution in [0, 0.1) is 12.8 Å². The summed E-state index contributed by atoms with van der Waals surface area (Å²) in [7, 11) is 0. The molecule has 0 saturated heterocycles. The number of rotatable bonds is 10. The van der Waals surface area contributed by atoms with Crippen LogP contribution in [0.2, 0.25) is 0 Å². The topological polar surface area (TPSA) is 63.6 Å². The minimum Gasteiger partial charge on any atom is -0.508 e. The first-order valence-electron chi connectivity index (χ1n) is 9.95. The predicted molar refractivity (Wildman–Crippen MR) is 114 cm³/mol. The Morgan fingerprint density at radius 2 is 1.75 bits per heavy atom. The van der Waals surface area contributed by atoms with Crippen molar-refractivity contribution in [3.05, 3.63) is 46.6 Å².